The molecule has 0 spiro atoms. The summed E-state index contributed by atoms with van der Waals surface area (Å²) in [5.74, 6) is 0.299. The molecule has 0 fully saturated rings. The highest BCUT2D eigenvalue weighted by molar-refractivity contribution is 6.31. The van der Waals surface area contributed by atoms with Crippen LogP contribution in [0, 0.1) is 0 Å². The standard InChI is InChI=1S/C22H19ClN2O3/c1-14(26)24-21-19-13-17(23)7-9-20(19)25(22(21)27)10-11-28-18-8-6-15-4-2-3-5-16(15)12-18/h2-9,12-13,21H,10-11H2,1H3,(H,24,26)/t21-/m0/s1. The van der Waals surface area contributed by atoms with Crippen molar-refractivity contribution in [1.82, 2.24) is 5.32 Å². The van der Waals surface area contributed by atoms with E-state index in [0.29, 0.717) is 23.7 Å². The van der Waals surface area contributed by atoms with Gasteiger partial charge in [0.05, 0.1) is 6.54 Å². The second-order valence-electron chi connectivity index (χ2n) is 6.68. The van der Waals surface area contributed by atoms with Gasteiger partial charge in [-0.3, -0.25) is 9.59 Å². The van der Waals surface area contributed by atoms with E-state index in [2.05, 4.69) is 5.32 Å². The van der Waals surface area contributed by atoms with Gasteiger partial charge in [-0.1, -0.05) is 41.9 Å². The first-order valence-corrected chi connectivity index (χ1v) is 9.40. The van der Waals surface area contributed by atoms with E-state index in [-0.39, 0.29) is 11.8 Å². The summed E-state index contributed by atoms with van der Waals surface area (Å²) in [6.07, 6.45) is 0. The summed E-state index contributed by atoms with van der Waals surface area (Å²) < 4.78 is 5.87. The van der Waals surface area contributed by atoms with E-state index < -0.39 is 6.04 Å². The van der Waals surface area contributed by atoms with Crippen molar-refractivity contribution in [2.75, 3.05) is 18.1 Å². The zero-order valence-electron chi connectivity index (χ0n) is 15.3. The van der Waals surface area contributed by atoms with Crippen molar-refractivity contribution in [2.24, 2.45) is 0 Å². The number of nitrogens with one attached hydrogen (secondary N) is 1. The third-order valence-electron chi connectivity index (χ3n) is 4.76. The molecule has 0 radical (unpaired) electrons. The molecular formula is C22H19ClN2O3. The van der Waals surface area contributed by atoms with Crippen LogP contribution in [0.1, 0.15) is 18.5 Å². The zero-order chi connectivity index (χ0) is 19.7. The van der Waals surface area contributed by atoms with Crippen molar-refractivity contribution in [3.8, 4) is 5.75 Å². The van der Waals surface area contributed by atoms with Crippen LogP contribution in [0.2, 0.25) is 5.02 Å². The number of halogens is 1. The number of nitrogens with zero attached hydrogens (tertiary/aromatic N) is 1. The molecule has 28 heavy (non-hydrogen) atoms. The van der Waals surface area contributed by atoms with E-state index in [1.165, 1.54) is 6.92 Å². The molecular weight excluding hydrogens is 376 g/mol. The highest BCUT2D eigenvalue weighted by atomic mass is 35.5. The summed E-state index contributed by atoms with van der Waals surface area (Å²) in [6.45, 7) is 2.10. The number of hydrogen-bond donors (Lipinski definition) is 1. The average Bonchev–Trinajstić information content (AvgIpc) is 2.92. The molecule has 4 rings (SSSR count). The predicted molar refractivity (Wildman–Crippen MR) is 110 cm³/mol. The number of hydrogen-bond acceptors (Lipinski definition) is 3. The molecule has 0 unspecified atom stereocenters. The van der Waals surface area contributed by atoms with Crippen LogP contribution in [0.15, 0.2) is 60.7 Å². The summed E-state index contributed by atoms with van der Waals surface area (Å²) in [4.78, 5) is 26.0. The summed E-state index contributed by atoms with van der Waals surface area (Å²) in [6, 6.07) is 18.5. The van der Waals surface area contributed by atoms with Gasteiger partial charge in [-0.05, 0) is 41.1 Å². The molecule has 3 aromatic rings. The first-order valence-electron chi connectivity index (χ1n) is 9.02. The predicted octanol–water partition coefficient (Wildman–Crippen LogP) is 4.10. The lowest BCUT2D eigenvalue weighted by Crippen LogP contribution is -2.38. The fourth-order valence-electron chi connectivity index (χ4n) is 3.50. The van der Waals surface area contributed by atoms with Crippen molar-refractivity contribution < 1.29 is 14.3 Å². The highest BCUT2D eigenvalue weighted by Crippen LogP contribution is 2.37. The first kappa shape index (κ1) is 18.3. The van der Waals surface area contributed by atoms with Crippen molar-refractivity contribution in [2.45, 2.75) is 13.0 Å². The number of carbonyl (C=O) groups excluding carboxylic acids is 2. The maximum absolute atomic E-state index is 12.8. The van der Waals surface area contributed by atoms with E-state index in [1.54, 1.807) is 23.1 Å². The van der Waals surface area contributed by atoms with Crippen molar-refractivity contribution in [1.29, 1.82) is 0 Å². The summed E-state index contributed by atoms with van der Waals surface area (Å²) in [5, 5.41) is 5.47. The van der Waals surface area contributed by atoms with Gasteiger partial charge in [0.15, 0.2) is 0 Å². The van der Waals surface area contributed by atoms with E-state index in [0.717, 1.165) is 22.2 Å². The van der Waals surface area contributed by atoms with Gasteiger partial charge >= 0.3 is 0 Å². The van der Waals surface area contributed by atoms with Crippen LogP contribution in [0.25, 0.3) is 10.8 Å². The fourth-order valence-corrected chi connectivity index (χ4v) is 3.68. The number of amides is 2. The second-order valence-corrected chi connectivity index (χ2v) is 7.12. The number of carbonyl (C=O) groups is 2. The van der Waals surface area contributed by atoms with Crippen LogP contribution in [0.3, 0.4) is 0 Å². The van der Waals surface area contributed by atoms with Crippen molar-refractivity contribution >= 4 is 39.9 Å². The third kappa shape index (κ3) is 3.53. The molecule has 0 aromatic heterocycles. The summed E-state index contributed by atoms with van der Waals surface area (Å²) in [7, 11) is 0. The summed E-state index contributed by atoms with van der Waals surface area (Å²) >= 11 is 6.09. The Bertz CT molecular complexity index is 1070. The monoisotopic (exact) mass is 394 g/mol. The Labute approximate surface area is 167 Å². The lowest BCUT2D eigenvalue weighted by molar-refractivity contribution is -0.126. The molecule has 0 saturated heterocycles. The number of fused-ring (bicyclic) bond motifs is 2. The SMILES string of the molecule is CC(=O)N[C@@H]1C(=O)N(CCOc2ccc3ccccc3c2)c2ccc(Cl)cc21. The number of anilines is 1. The number of rotatable bonds is 5. The van der Waals surface area contributed by atoms with Gasteiger partial charge in [0.25, 0.3) is 5.91 Å². The molecule has 2 amide bonds. The molecule has 1 heterocycles. The topological polar surface area (TPSA) is 58.6 Å². The molecule has 3 aromatic carbocycles. The van der Waals surface area contributed by atoms with Gasteiger partial charge in [-0.25, -0.2) is 0 Å². The van der Waals surface area contributed by atoms with Gasteiger partial charge in [-0.15, -0.1) is 0 Å². The van der Waals surface area contributed by atoms with Gasteiger partial charge in [0, 0.05) is 23.2 Å². The first-order chi connectivity index (χ1) is 13.5. The molecule has 142 valence electrons. The number of benzene rings is 3. The maximum atomic E-state index is 12.8. The van der Waals surface area contributed by atoms with Crippen LogP contribution in [0.5, 0.6) is 5.75 Å². The Morgan fingerprint density at radius 3 is 2.68 bits per heavy atom. The van der Waals surface area contributed by atoms with Crippen LogP contribution in [-0.2, 0) is 9.59 Å². The third-order valence-corrected chi connectivity index (χ3v) is 4.99. The minimum atomic E-state index is -0.716. The minimum Gasteiger partial charge on any atom is -0.492 e. The highest BCUT2D eigenvalue weighted by Gasteiger charge is 2.37. The molecule has 1 aliphatic heterocycles. The fraction of sp³-hybridized carbons (Fsp3) is 0.182. The average molecular weight is 395 g/mol. The largest absolute Gasteiger partial charge is 0.492 e. The van der Waals surface area contributed by atoms with Crippen LogP contribution in [0.4, 0.5) is 5.69 Å². The zero-order valence-corrected chi connectivity index (χ0v) is 16.1. The lowest BCUT2D eigenvalue weighted by Gasteiger charge is -2.18. The van der Waals surface area contributed by atoms with E-state index in [9.17, 15) is 9.59 Å². The van der Waals surface area contributed by atoms with E-state index >= 15 is 0 Å². The molecule has 1 aliphatic rings. The molecule has 1 atom stereocenters. The Balaban J connectivity index is 1.49. The van der Waals surface area contributed by atoms with Crippen molar-refractivity contribution in [3.05, 3.63) is 71.2 Å². The Morgan fingerprint density at radius 2 is 1.89 bits per heavy atom. The molecule has 0 aliphatic carbocycles. The van der Waals surface area contributed by atoms with E-state index in [4.69, 9.17) is 16.3 Å². The van der Waals surface area contributed by atoms with Crippen molar-refractivity contribution in [3.63, 3.8) is 0 Å². The normalized spacial score (nSPS) is 15.6. The Morgan fingerprint density at radius 1 is 1.11 bits per heavy atom. The maximum Gasteiger partial charge on any atom is 0.254 e. The molecule has 5 nitrogen and oxygen atoms in total. The quantitative estimate of drug-likeness (QED) is 0.708. The lowest BCUT2D eigenvalue weighted by atomic mass is 10.1. The van der Waals surface area contributed by atoms with E-state index in [1.807, 2.05) is 42.5 Å². The van der Waals surface area contributed by atoms with Gasteiger partial charge in [-0.2, -0.15) is 0 Å². The number of ether oxygens (including phenoxy) is 1. The molecule has 0 bridgehead atoms. The van der Waals surface area contributed by atoms with Crippen LogP contribution in [-0.4, -0.2) is 25.0 Å². The molecule has 1 N–H and O–H groups in total. The molecule has 6 heteroatoms. The van der Waals surface area contributed by atoms with Gasteiger partial charge in [0.1, 0.15) is 18.4 Å². The molecule has 0 saturated carbocycles. The van der Waals surface area contributed by atoms with Crippen LogP contribution >= 0.6 is 11.6 Å². The smallest absolute Gasteiger partial charge is 0.254 e. The van der Waals surface area contributed by atoms with Crippen LogP contribution < -0.4 is 15.0 Å². The second kappa shape index (κ2) is 7.52. The Hall–Kier alpha value is -3.05. The minimum absolute atomic E-state index is 0.186. The van der Waals surface area contributed by atoms with Gasteiger partial charge < -0.3 is 15.0 Å². The Kier molecular flexibility index (Phi) is 4.92. The van der Waals surface area contributed by atoms with Gasteiger partial charge in [0.2, 0.25) is 5.91 Å². The summed E-state index contributed by atoms with van der Waals surface area (Å²) in [5.41, 5.74) is 1.45.